The van der Waals surface area contributed by atoms with Crippen LogP contribution in [0, 0.1) is 0 Å². The molecule has 0 aliphatic rings. The molecular formula is C16H15NO3. The summed E-state index contributed by atoms with van der Waals surface area (Å²) in [7, 11) is 0. The van der Waals surface area contributed by atoms with Gasteiger partial charge in [0.1, 0.15) is 12.4 Å². The first-order chi connectivity index (χ1) is 9.56. The van der Waals surface area contributed by atoms with Gasteiger partial charge in [-0.05, 0) is 36.8 Å². The van der Waals surface area contributed by atoms with Crippen LogP contribution in [0.5, 0.6) is 5.75 Å². The molecular weight excluding hydrogens is 254 g/mol. The van der Waals surface area contributed by atoms with Crippen molar-refractivity contribution in [1.29, 1.82) is 0 Å². The monoisotopic (exact) mass is 269 g/mol. The highest BCUT2D eigenvalue weighted by Gasteiger charge is 2.04. The SMILES string of the molecule is CC(=O)c1cccc(OCc2cccc(C(N)=O)c2)c1. The molecule has 2 aromatic carbocycles. The van der Waals surface area contributed by atoms with E-state index in [0.29, 0.717) is 23.5 Å². The summed E-state index contributed by atoms with van der Waals surface area (Å²) in [5.41, 5.74) is 7.12. The molecule has 0 aliphatic carbocycles. The van der Waals surface area contributed by atoms with Gasteiger partial charge in [-0.2, -0.15) is 0 Å². The van der Waals surface area contributed by atoms with E-state index in [9.17, 15) is 9.59 Å². The minimum absolute atomic E-state index is 0.00817. The fourth-order valence-electron chi connectivity index (χ4n) is 1.79. The Hall–Kier alpha value is -2.62. The number of Topliss-reactive ketones (excluding diaryl/α,β-unsaturated/α-hetero) is 1. The van der Waals surface area contributed by atoms with Gasteiger partial charge in [0.2, 0.25) is 5.91 Å². The lowest BCUT2D eigenvalue weighted by Gasteiger charge is -2.08. The van der Waals surface area contributed by atoms with E-state index in [2.05, 4.69) is 0 Å². The minimum Gasteiger partial charge on any atom is -0.489 e. The van der Waals surface area contributed by atoms with Crippen LogP contribution in [0.25, 0.3) is 0 Å². The third-order valence-corrected chi connectivity index (χ3v) is 2.86. The van der Waals surface area contributed by atoms with Gasteiger partial charge < -0.3 is 10.5 Å². The largest absolute Gasteiger partial charge is 0.489 e. The second-order valence-corrected chi connectivity index (χ2v) is 4.44. The maximum absolute atomic E-state index is 11.3. The summed E-state index contributed by atoms with van der Waals surface area (Å²) >= 11 is 0. The molecule has 4 nitrogen and oxygen atoms in total. The molecule has 2 rings (SSSR count). The lowest BCUT2D eigenvalue weighted by molar-refractivity contribution is 0.0995. The van der Waals surface area contributed by atoms with E-state index in [1.165, 1.54) is 6.92 Å². The zero-order valence-electron chi connectivity index (χ0n) is 11.1. The molecule has 20 heavy (non-hydrogen) atoms. The third kappa shape index (κ3) is 3.45. The van der Waals surface area contributed by atoms with Crippen LogP contribution in [0.4, 0.5) is 0 Å². The van der Waals surface area contributed by atoms with E-state index in [-0.39, 0.29) is 5.78 Å². The highest BCUT2D eigenvalue weighted by Crippen LogP contribution is 2.16. The number of primary amides is 1. The summed E-state index contributed by atoms with van der Waals surface area (Å²) in [5, 5.41) is 0. The number of carbonyl (C=O) groups excluding carboxylic acids is 2. The van der Waals surface area contributed by atoms with Crippen molar-refractivity contribution in [2.45, 2.75) is 13.5 Å². The van der Waals surface area contributed by atoms with Gasteiger partial charge in [0.25, 0.3) is 0 Å². The molecule has 0 fully saturated rings. The van der Waals surface area contributed by atoms with E-state index in [1.54, 1.807) is 42.5 Å². The highest BCUT2D eigenvalue weighted by molar-refractivity contribution is 5.94. The third-order valence-electron chi connectivity index (χ3n) is 2.86. The Morgan fingerprint density at radius 1 is 1.05 bits per heavy atom. The highest BCUT2D eigenvalue weighted by atomic mass is 16.5. The summed E-state index contributed by atoms with van der Waals surface area (Å²) in [6.07, 6.45) is 0. The number of amides is 1. The van der Waals surface area contributed by atoms with Crippen molar-refractivity contribution in [2.75, 3.05) is 0 Å². The maximum atomic E-state index is 11.3. The molecule has 0 atom stereocenters. The first-order valence-electron chi connectivity index (χ1n) is 6.19. The lowest BCUT2D eigenvalue weighted by Crippen LogP contribution is -2.11. The predicted molar refractivity (Wildman–Crippen MR) is 75.7 cm³/mol. The van der Waals surface area contributed by atoms with Gasteiger partial charge in [0, 0.05) is 11.1 Å². The fraction of sp³-hybridized carbons (Fsp3) is 0.125. The lowest BCUT2D eigenvalue weighted by atomic mass is 10.1. The smallest absolute Gasteiger partial charge is 0.248 e. The molecule has 2 aromatic rings. The molecule has 4 heteroatoms. The summed E-state index contributed by atoms with van der Waals surface area (Å²) < 4.78 is 5.61. The maximum Gasteiger partial charge on any atom is 0.248 e. The molecule has 1 amide bonds. The van der Waals surface area contributed by atoms with Crippen LogP contribution < -0.4 is 10.5 Å². The number of benzene rings is 2. The average molecular weight is 269 g/mol. The topological polar surface area (TPSA) is 69.4 Å². The van der Waals surface area contributed by atoms with Crippen molar-refractivity contribution in [3.05, 3.63) is 65.2 Å². The van der Waals surface area contributed by atoms with Gasteiger partial charge in [0.05, 0.1) is 0 Å². The van der Waals surface area contributed by atoms with E-state index in [4.69, 9.17) is 10.5 Å². The summed E-state index contributed by atoms with van der Waals surface area (Å²) in [5.74, 6) is 0.138. The summed E-state index contributed by atoms with van der Waals surface area (Å²) in [6.45, 7) is 1.82. The van der Waals surface area contributed by atoms with Crippen LogP contribution in [-0.2, 0) is 6.61 Å². The average Bonchev–Trinajstić information content (AvgIpc) is 2.45. The molecule has 0 aliphatic heterocycles. The summed E-state index contributed by atoms with van der Waals surface area (Å²) in [4.78, 5) is 22.4. The normalized spacial score (nSPS) is 10.1. The van der Waals surface area contributed by atoms with E-state index >= 15 is 0 Å². The van der Waals surface area contributed by atoms with Crippen LogP contribution in [0.15, 0.2) is 48.5 Å². The standard InChI is InChI=1S/C16H15NO3/c1-11(18)13-5-3-7-15(9-13)20-10-12-4-2-6-14(8-12)16(17)19/h2-9H,10H2,1H3,(H2,17,19). The second kappa shape index (κ2) is 6.02. The van der Waals surface area contributed by atoms with Gasteiger partial charge in [-0.25, -0.2) is 0 Å². The Labute approximate surface area is 117 Å². The molecule has 0 saturated carbocycles. The molecule has 0 aromatic heterocycles. The number of hydrogen-bond donors (Lipinski definition) is 1. The second-order valence-electron chi connectivity index (χ2n) is 4.44. The minimum atomic E-state index is -0.467. The Morgan fingerprint density at radius 2 is 1.75 bits per heavy atom. The van der Waals surface area contributed by atoms with Gasteiger partial charge in [-0.1, -0.05) is 24.3 Å². The fourth-order valence-corrected chi connectivity index (χ4v) is 1.79. The molecule has 0 heterocycles. The number of carbonyl (C=O) groups is 2. The Kier molecular flexibility index (Phi) is 4.15. The van der Waals surface area contributed by atoms with Crippen LogP contribution in [0.3, 0.4) is 0 Å². The van der Waals surface area contributed by atoms with Crippen molar-refractivity contribution >= 4 is 11.7 Å². The van der Waals surface area contributed by atoms with Gasteiger partial charge in [-0.3, -0.25) is 9.59 Å². The number of ketones is 1. The number of ether oxygens (including phenoxy) is 1. The zero-order valence-corrected chi connectivity index (χ0v) is 11.1. The van der Waals surface area contributed by atoms with Gasteiger partial charge in [-0.15, -0.1) is 0 Å². The quantitative estimate of drug-likeness (QED) is 0.848. The van der Waals surface area contributed by atoms with Gasteiger partial charge in [0.15, 0.2) is 5.78 Å². The molecule has 0 radical (unpaired) electrons. The zero-order chi connectivity index (χ0) is 14.5. The number of nitrogens with two attached hydrogens (primary N) is 1. The van der Waals surface area contributed by atoms with E-state index in [0.717, 1.165) is 5.56 Å². The molecule has 2 N–H and O–H groups in total. The molecule has 0 bridgehead atoms. The Balaban J connectivity index is 2.08. The van der Waals surface area contributed by atoms with Crippen molar-refractivity contribution < 1.29 is 14.3 Å². The van der Waals surface area contributed by atoms with E-state index < -0.39 is 5.91 Å². The van der Waals surface area contributed by atoms with Crippen molar-refractivity contribution in [3.8, 4) is 5.75 Å². The Morgan fingerprint density at radius 3 is 2.45 bits per heavy atom. The molecule has 0 saturated heterocycles. The number of rotatable bonds is 5. The molecule has 0 spiro atoms. The van der Waals surface area contributed by atoms with Crippen molar-refractivity contribution in [1.82, 2.24) is 0 Å². The van der Waals surface area contributed by atoms with Crippen molar-refractivity contribution in [3.63, 3.8) is 0 Å². The van der Waals surface area contributed by atoms with Crippen LogP contribution >= 0.6 is 0 Å². The van der Waals surface area contributed by atoms with Crippen LogP contribution in [0.2, 0.25) is 0 Å². The van der Waals surface area contributed by atoms with Crippen LogP contribution in [0.1, 0.15) is 33.2 Å². The van der Waals surface area contributed by atoms with Crippen molar-refractivity contribution in [2.24, 2.45) is 5.73 Å². The van der Waals surface area contributed by atoms with Gasteiger partial charge >= 0.3 is 0 Å². The van der Waals surface area contributed by atoms with E-state index in [1.807, 2.05) is 6.07 Å². The first-order valence-corrected chi connectivity index (χ1v) is 6.19. The first kappa shape index (κ1) is 13.8. The van der Waals surface area contributed by atoms with Crippen LogP contribution in [-0.4, -0.2) is 11.7 Å². The summed E-state index contributed by atoms with van der Waals surface area (Å²) in [6, 6.07) is 13.9. The molecule has 102 valence electrons. The predicted octanol–water partition coefficient (Wildman–Crippen LogP) is 2.57. The molecule has 0 unspecified atom stereocenters. The Bertz CT molecular complexity index is 592. The number of hydrogen-bond acceptors (Lipinski definition) is 3.